The normalized spacial score (nSPS) is 15.3. The maximum Gasteiger partial charge on any atom is 0.224 e. The van der Waals surface area contributed by atoms with Gasteiger partial charge in [-0.1, -0.05) is 23.7 Å². The van der Waals surface area contributed by atoms with E-state index >= 15 is 0 Å². The summed E-state index contributed by atoms with van der Waals surface area (Å²) in [5.41, 5.74) is 8.82. The van der Waals surface area contributed by atoms with Crippen molar-refractivity contribution in [2.24, 2.45) is 5.73 Å². The third-order valence-corrected chi connectivity index (χ3v) is 3.93. The van der Waals surface area contributed by atoms with Gasteiger partial charge in [0.1, 0.15) is 5.82 Å². The number of carbonyl (C=O) groups excluding carboxylic acids is 1. The van der Waals surface area contributed by atoms with Crippen LogP contribution in [0.4, 0.5) is 10.1 Å². The summed E-state index contributed by atoms with van der Waals surface area (Å²) in [6.45, 7) is 0. The number of benzene rings is 2. The lowest BCUT2D eigenvalue weighted by molar-refractivity contribution is -0.116. The second-order valence-electron chi connectivity index (χ2n) is 5.11. The van der Waals surface area contributed by atoms with Crippen molar-refractivity contribution >= 4 is 23.2 Å². The van der Waals surface area contributed by atoms with Crippen molar-refractivity contribution in [3.8, 4) is 0 Å². The quantitative estimate of drug-likeness (QED) is 0.893. The molecule has 0 bridgehead atoms. The molecular weight excluding hydrogens is 291 g/mol. The third-order valence-electron chi connectivity index (χ3n) is 3.68. The molecule has 3 rings (SSSR count). The molecule has 2 aromatic carbocycles. The Balaban J connectivity index is 1.98. The maximum atomic E-state index is 14.3. The van der Waals surface area contributed by atoms with Crippen LogP contribution in [-0.4, -0.2) is 5.91 Å². The van der Waals surface area contributed by atoms with Crippen LogP contribution >= 0.6 is 11.6 Å². The predicted molar refractivity (Wildman–Crippen MR) is 80.8 cm³/mol. The predicted octanol–water partition coefficient (Wildman–Crippen LogP) is 3.41. The summed E-state index contributed by atoms with van der Waals surface area (Å²) >= 11 is 5.85. The van der Waals surface area contributed by atoms with Gasteiger partial charge in [0.25, 0.3) is 0 Å². The molecule has 0 saturated carbocycles. The van der Waals surface area contributed by atoms with Crippen molar-refractivity contribution < 1.29 is 9.18 Å². The smallest absolute Gasteiger partial charge is 0.224 e. The number of halogens is 2. The fourth-order valence-corrected chi connectivity index (χ4v) is 2.64. The van der Waals surface area contributed by atoms with Gasteiger partial charge in [-0.3, -0.25) is 4.79 Å². The molecule has 1 amide bonds. The third kappa shape index (κ3) is 2.77. The van der Waals surface area contributed by atoms with E-state index in [2.05, 4.69) is 5.32 Å². The largest absolute Gasteiger partial charge is 0.326 e. The van der Waals surface area contributed by atoms with E-state index in [0.717, 1.165) is 11.1 Å². The van der Waals surface area contributed by atoms with Gasteiger partial charge in [-0.25, -0.2) is 4.39 Å². The first kappa shape index (κ1) is 14.0. The minimum atomic E-state index is -0.565. The van der Waals surface area contributed by atoms with Gasteiger partial charge in [0.05, 0.1) is 6.04 Å². The first-order chi connectivity index (χ1) is 10.0. The van der Waals surface area contributed by atoms with Crippen LogP contribution in [0.15, 0.2) is 36.4 Å². The van der Waals surface area contributed by atoms with Crippen LogP contribution in [0.5, 0.6) is 0 Å². The zero-order chi connectivity index (χ0) is 15.0. The van der Waals surface area contributed by atoms with Crippen molar-refractivity contribution in [2.45, 2.75) is 18.9 Å². The number of fused-ring (bicyclic) bond motifs is 1. The molecule has 0 saturated heterocycles. The summed E-state index contributed by atoms with van der Waals surface area (Å²) in [6.07, 6.45) is 1.01. The minimum Gasteiger partial charge on any atom is -0.326 e. The molecule has 1 unspecified atom stereocenters. The molecule has 1 atom stereocenters. The Morgan fingerprint density at radius 2 is 1.90 bits per heavy atom. The number of aryl methyl sites for hydroxylation is 1. The van der Waals surface area contributed by atoms with Crippen molar-refractivity contribution in [2.75, 3.05) is 5.32 Å². The molecule has 0 radical (unpaired) electrons. The highest BCUT2D eigenvalue weighted by Crippen LogP contribution is 2.30. The highest BCUT2D eigenvalue weighted by atomic mass is 35.5. The monoisotopic (exact) mass is 304 g/mol. The Labute approximate surface area is 126 Å². The van der Waals surface area contributed by atoms with Gasteiger partial charge in [0.2, 0.25) is 5.91 Å². The molecule has 21 heavy (non-hydrogen) atoms. The van der Waals surface area contributed by atoms with Crippen molar-refractivity contribution in [1.82, 2.24) is 0 Å². The molecule has 3 N–H and O–H groups in total. The SMILES string of the molecule is NC(c1ccc(Cl)cc1)c1cc2c(cc1F)NC(=O)CC2. The highest BCUT2D eigenvalue weighted by molar-refractivity contribution is 6.30. The van der Waals surface area contributed by atoms with E-state index in [-0.39, 0.29) is 5.91 Å². The first-order valence-electron chi connectivity index (χ1n) is 6.68. The van der Waals surface area contributed by atoms with E-state index in [1.807, 2.05) is 0 Å². The van der Waals surface area contributed by atoms with Crippen molar-refractivity contribution in [3.05, 3.63) is 63.9 Å². The lowest BCUT2D eigenvalue weighted by atomic mass is 9.94. The Hall–Kier alpha value is -1.91. The molecule has 2 aromatic rings. The molecule has 0 spiro atoms. The summed E-state index contributed by atoms with van der Waals surface area (Å²) in [6, 6.07) is 9.55. The summed E-state index contributed by atoms with van der Waals surface area (Å²) in [5, 5.41) is 3.29. The first-order valence-corrected chi connectivity index (χ1v) is 7.05. The molecule has 0 aromatic heterocycles. The Bertz CT molecular complexity index is 700. The lowest BCUT2D eigenvalue weighted by Gasteiger charge is -2.21. The second-order valence-corrected chi connectivity index (χ2v) is 5.54. The van der Waals surface area contributed by atoms with Gasteiger partial charge in [-0.2, -0.15) is 0 Å². The number of nitrogens with one attached hydrogen (secondary N) is 1. The Kier molecular flexibility index (Phi) is 3.66. The second kappa shape index (κ2) is 5.47. The van der Waals surface area contributed by atoms with E-state index < -0.39 is 11.9 Å². The van der Waals surface area contributed by atoms with Gasteiger partial charge in [-0.15, -0.1) is 0 Å². The molecule has 0 fully saturated rings. The number of hydrogen-bond acceptors (Lipinski definition) is 2. The summed E-state index contributed by atoms with van der Waals surface area (Å²) < 4.78 is 14.3. The molecule has 3 nitrogen and oxygen atoms in total. The number of hydrogen-bond donors (Lipinski definition) is 2. The van der Waals surface area contributed by atoms with Gasteiger partial charge in [-0.05, 0) is 41.8 Å². The van der Waals surface area contributed by atoms with Crippen LogP contribution in [0.3, 0.4) is 0 Å². The molecule has 1 heterocycles. The van der Waals surface area contributed by atoms with Crippen LogP contribution in [-0.2, 0) is 11.2 Å². The standard InChI is InChI=1S/C16H14ClFN2O/c17-11-4-1-9(2-5-11)16(19)12-7-10-3-6-15(21)20-14(10)8-13(12)18/h1-2,4-5,7-8,16H,3,6,19H2,(H,20,21). The van der Waals surface area contributed by atoms with Crippen LogP contribution in [0.25, 0.3) is 0 Å². The van der Waals surface area contributed by atoms with Gasteiger partial charge in [0, 0.05) is 22.7 Å². The zero-order valence-electron chi connectivity index (χ0n) is 11.2. The zero-order valence-corrected chi connectivity index (χ0v) is 12.0. The average Bonchev–Trinajstić information content (AvgIpc) is 2.46. The van der Waals surface area contributed by atoms with Crippen molar-refractivity contribution in [1.29, 1.82) is 0 Å². The average molecular weight is 305 g/mol. The number of rotatable bonds is 2. The fourth-order valence-electron chi connectivity index (χ4n) is 2.51. The van der Waals surface area contributed by atoms with E-state index in [4.69, 9.17) is 17.3 Å². The van der Waals surface area contributed by atoms with Crippen LogP contribution in [0.1, 0.15) is 29.2 Å². The van der Waals surface area contributed by atoms with E-state index in [9.17, 15) is 9.18 Å². The van der Waals surface area contributed by atoms with Crippen molar-refractivity contribution in [3.63, 3.8) is 0 Å². The summed E-state index contributed by atoms with van der Waals surface area (Å²) in [7, 11) is 0. The van der Waals surface area contributed by atoms with Gasteiger partial charge < -0.3 is 11.1 Å². The Morgan fingerprint density at radius 1 is 1.19 bits per heavy atom. The van der Waals surface area contributed by atoms with Gasteiger partial charge >= 0.3 is 0 Å². The topological polar surface area (TPSA) is 55.1 Å². The summed E-state index contributed by atoms with van der Waals surface area (Å²) in [4.78, 5) is 11.3. The highest BCUT2D eigenvalue weighted by Gasteiger charge is 2.20. The molecular formula is C16H14ClFN2O. The maximum absolute atomic E-state index is 14.3. The van der Waals surface area contributed by atoms with Crippen LogP contribution in [0, 0.1) is 5.82 Å². The Morgan fingerprint density at radius 3 is 2.62 bits per heavy atom. The van der Waals surface area contributed by atoms with Gasteiger partial charge in [0.15, 0.2) is 0 Å². The molecule has 1 aliphatic heterocycles. The molecule has 108 valence electrons. The number of anilines is 1. The number of nitrogens with two attached hydrogens (primary N) is 1. The lowest BCUT2D eigenvalue weighted by Crippen LogP contribution is -2.21. The van der Waals surface area contributed by atoms with E-state index in [1.165, 1.54) is 6.07 Å². The number of carbonyl (C=O) groups is 1. The van der Waals surface area contributed by atoms with E-state index in [0.29, 0.717) is 29.1 Å². The van der Waals surface area contributed by atoms with Crippen LogP contribution < -0.4 is 11.1 Å². The molecule has 1 aliphatic rings. The molecule has 5 heteroatoms. The number of amides is 1. The van der Waals surface area contributed by atoms with Crippen LogP contribution in [0.2, 0.25) is 5.02 Å². The van der Waals surface area contributed by atoms with E-state index in [1.54, 1.807) is 30.3 Å². The minimum absolute atomic E-state index is 0.0864. The fraction of sp³-hybridized carbons (Fsp3) is 0.188. The summed E-state index contributed by atoms with van der Waals surface area (Å²) in [5.74, 6) is -0.505. The molecule has 0 aliphatic carbocycles.